The normalized spacial score (nSPS) is 18.7. The van der Waals surface area contributed by atoms with E-state index in [0.29, 0.717) is 10.9 Å². The summed E-state index contributed by atoms with van der Waals surface area (Å²) in [5.41, 5.74) is 5.92. The van der Waals surface area contributed by atoms with Gasteiger partial charge in [-0.2, -0.15) is 0 Å². The van der Waals surface area contributed by atoms with Crippen molar-refractivity contribution in [1.29, 1.82) is 0 Å². The van der Waals surface area contributed by atoms with Crippen LogP contribution in [0.4, 0.5) is 10.1 Å². The first-order valence-electron chi connectivity index (χ1n) is 11.4. The van der Waals surface area contributed by atoms with Gasteiger partial charge in [-0.15, -0.1) is 0 Å². The van der Waals surface area contributed by atoms with E-state index in [2.05, 4.69) is 39.7 Å². The van der Waals surface area contributed by atoms with Gasteiger partial charge in [0.15, 0.2) is 16.6 Å². The molecule has 2 aromatic heterocycles. The van der Waals surface area contributed by atoms with E-state index in [9.17, 15) is 4.39 Å². The molecular weight excluding hydrogens is 463 g/mol. The summed E-state index contributed by atoms with van der Waals surface area (Å²) in [5.74, 6) is 1.16. The number of aromatic nitrogens is 2. The number of nitrogens with zero attached hydrogens (tertiary/aromatic N) is 3. The van der Waals surface area contributed by atoms with Crippen LogP contribution in [-0.2, 0) is 0 Å². The summed E-state index contributed by atoms with van der Waals surface area (Å²) in [4.78, 5) is 6.76. The van der Waals surface area contributed by atoms with Gasteiger partial charge in [0.2, 0.25) is 6.79 Å². The summed E-state index contributed by atoms with van der Waals surface area (Å²) in [7, 11) is 0. The average molecular weight is 487 g/mol. The number of pyridine rings is 1. The second kappa shape index (κ2) is 8.39. The van der Waals surface area contributed by atoms with Crippen LogP contribution in [0.1, 0.15) is 34.7 Å². The molecule has 1 saturated heterocycles. The van der Waals surface area contributed by atoms with Crippen LogP contribution in [0.5, 0.6) is 11.5 Å². The largest absolute Gasteiger partial charge is 0.454 e. The SMILES string of the molecule is Cc1cc([C@H]2[C@H](c3ccccn3)NC(=S)N2c2ccc3c(c2)OCO3)c(C)n1-c1ccc(F)cc1. The molecule has 8 heteroatoms. The second-order valence-corrected chi connectivity index (χ2v) is 9.06. The standard InChI is InChI=1S/C27H23FN4O2S/c1-16-13-21(17(2)31(16)19-8-6-18(28)7-9-19)26-25(22-5-3-4-12-29-22)30-27(35)32(26)20-10-11-23-24(14-20)34-15-33-23/h3-14,25-26H,15H2,1-2H3,(H,30,35)/t25-,26-/m0/s1. The third-order valence-corrected chi connectivity index (χ3v) is 6.92. The highest BCUT2D eigenvalue weighted by Crippen LogP contribution is 2.46. The molecular formula is C27H23FN4O2S. The minimum absolute atomic E-state index is 0.168. The topological polar surface area (TPSA) is 51.6 Å². The van der Waals surface area contributed by atoms with Crippen molar-refractivity contribution in [3.05, 3.63) is 101 Å². The Balaban J connectivity index is 1.51. The Morgan fingerprint density at radius 3 is 2.51 bits per heavy atom. The molecule has 0 amide bonds. The smallest absolute Gasteiger partial charge is 0.231 e. The summed E-state index contributed by atoms with van der Waals surface area (Å²) in [6, 6.07) is 20.2. The number of benzene rings is 2. The van der Waals surface area contributed by atoms with Crippen LogP contribution in [0.3, 0.4) is 0 Å². The lowest BCUT2D eigenvalue weighted by molar-refractivity contribution is 0.174. The molecule has 1 fully saturated rings. The van der Waals surface area contributed by atoms with Crippen molar-refractivity contribution in [2.75, 3.05) is 11.7 Å². The maximum absolute atomic E-state index is 13.6. The summed E-state index contributed by atoms with van der Waals surface area (Å²) in [6.45, 7) is 4.35. The van der Waals surface area contributed by atoms with Gasteiger partial charge in [-0.1, -0.05) is 6.07 Å². The molecule has 1 N–H and O–H groups in total. The number of anilines is 1. The molecule has 6 rings (SSSR count). The van der Waals surface area contributed by atoms with E-state index in [4.69, 9.17) is 21.7 Å². The quantitative estimate of drug-likeness (QED) is 0.383. The van der Waals surface area contributed by atoms with Crippen molar-refractivity contribution in [3.63, 3.8) is 0 Å². The highest BCUT2D eigenvalue weighted by molar-refractivity contribution is 7.80. The van der Waals surface area contributed by atoms with Crippen molar-refractivity contribution in [3.8, 4) is 17.2 Å². The van der Waals surface area contributed by atoms with Gasteiger partial charge in [0.05, 0.1) is 17.8 Å². The molecule has 6 nitrogen and oxygen atoms in total. The highest BCUT2D eigenvalue weighted by Gasteiger charge is 2.42. The van der Waals surface area contributed by atoms with Gasteiger partial charge in [-0.3, -0.25) is 4.98 Å². The molecule has 2 aliphatic heterocycles. The molecule has 0 saturated carbocycles. The summed E-state index contributed by atoms with van der Waals surface area (Å²) in [6.07, 6.45) is 1.79. The molecule has 2 atom stereocenters. The molecule has 0 bridgehead atoms. The fourth-order valence-corrected chi connectivity index (χ4v) is 5.40. The van der Waals surface area contributed by atoms with Gasteiger partial charge >= 0.3 is 0 Å². The van der Waals surface area contributed by atoms with Gasteiger partial charge in [0.25, 0.3) is 0 Å². The first-order chi connectivity index (χ1) is 17.0. The number of hydrogen-bond donors (Lipinski definition) is 1. The number of fused-ring (bicyclic) bond motifs is 1. The van der Waals surface area contributed by atoms with Gasteiger partial charge in [0.1, 0.15) is 5.82 Å². The van der Waals surface area contributed by atoms with E-state index in [1.54, 1.807) is 18.3 Å². The number of nitrogens with one attached hydrogen (secondary N) is 1. The number of rotatable bonds is 4. The lowest BCUT2D eigenvalue weighted by Gasteiger charge is -2.28. The van der Waals surface area contributed by atoms with E-state index in [1.165, 1.54) is 12.1 Å². The average Bonchev–Trinajstić information content (AvgIpc) is 3.55. The zero-order valence-corrected chi connectivity index (χ0v) is 20.1. The number of halogens is 1. The zero-order valence-electron chi connectivity index (χ0n) is 19.2. The monoisotopic (exact) mass is 486 g/mol. The van der Waals surface area contributed by atoms with Crippen molar-refractivity contribution < 1.29 is 13.9 Å². The van der Waals surface area contributed by atoms with Crippen LogP contribution in [-0.4, -0.2) is 21.5 Å². The predicted octanol–water partition coefficient (Wildman–Crippen LogP) is 5.53. The molecule has 176 valence electrons. The summed E-state index contributed by atoms with van der Waals surface area (Å²) < 4.78 is 26.9. The number of ether oxygens (including phenoxy) is 2. The fourth-order valence-electron chi connectivity index (χ4n) is 5.06. The van der Waals surface area contributed by atoms with E-state index in [1.807, 2.05) is 36.4 Å². The van der Waals surface area contributed by atoms with E-state index >= 15 is 0 Å². The lowest BCUT2D eigenvalue weighted by Crippen LogP contribution is -2.29. The van der Waals surface area contributed by atoms with E-state index in [0.717, 1.165) is 39.8 Å². The van der Waals surface area contributed by atoms with Crippen LogP contribution >= 0.6 is 12.2 Å². The zero-order chi connectivity index (χ0) is 24.1. The molecule has 2 aromatic carbocycles. The first-order valence-corrected chi connectivity index (χ1v) is 11.8. The number of hydrogen-bond acceptors (Lipinski definition) is 4. The number of thiocarbonyl (C=S) groups is 1. The molecule has 0 spiro atoms. The van der Waals surface area contributed by atoms with Crippen LogP contribution in [0.2, 0.25) is 0 Å². The minimum atomic E-state index is -0.258. The molecule has 2 aliphatic rings. The summed E-state index contributed by atoms with van der Waals surface area (Å²) >= 11 is 5.86. The molecule has 4 aromatic rings. The van der Waals surface area contributed by atoms with Gasteiger partial charge < -0.3 is 24.3 Å². The van der Waals surface area contributed by atoms with Crippen molar-refractivity contribution in [2.24, 2.45) is 0 Å². The first kappa shape index (κ1) is 21.6. The van der Waals surface area contributed by atoms with Gasteiger partial charge in [-0.25, -0.2) is 4.39 Å². The van der Waals surface area contributed by atoms with Gasteiger partial charge in [-0.05, 0) is 86.2 Å². The third-order valence-electron chi connectivity index (χ3n) is 6.61. The molecule has 4 heterocycles. The van der Waals surface area contributed by atoms with Crippen LogP contribution in [0.25, 0.3) is 5.69 Å². The van der Waals surface area contributed by atoms with Crippen molar-refractivity contribution >= 4 is 23.0 Å². The van der Waals surface area contributed by atoms with Crippen LogP contribution in [0, 0.1) is 19.7 Å². The highest BCUT2D eigenvalue weighted by atomic mass is 32.1. The Morgan fingerprint density at radius 1 is 0.971 bits per heavy atom. The Labute approximate surface area is 207 Å². The Bertz CT molecular complexity index is 1420. The Hall–Kier alpha value is -3.91. The minimum Gasteiger partial charge on any atom is -0.454 e. The number of aryl methyl sites for hydroxylation is 1. The molecule has 0 radical (unpaired) electrons. The van der Waals surface area contributed by atoms with Crippen LogP contribution < -0.4 is 19.7 Å². The Morgan fingerprint density at radius 2 is 1.74 bits per heavy atom. The molecule has 0 aliphatic carbocycles. The lowest BCUT2D eigenvalue weighted by atomic mass is 9.96. The molecule has 0 unspecified atom stereocenters. The maximum Gasteiger partial charge on any atom is 0.231 e. The maximum atomic E-state index is 13.6. The van der Waals surface area contributed by atoms with E-state index < -0.39 is 0 Å². The predicted molar refractivity (Wildman–Crippen MR) is 136 cm³/mol. The summed E-state index contributed by atoms with van der Waals surface area (Å²) in [5, 5.41) is 4.11. The van der Waals surface area contributed by atoms with Gasteiger partial charge in [0, 0.05) is 35.0 Å². The van der Waals surface area contributed by atoms with Crippen molar-refractivity contribution in [2.45, 2.75) is 25.9 Å². The molecule has 35 heavy (non-hydrogen) atoms. The Kier molecular flexibility index (Phi) is 5.18. The van der Waals surface area contributed by atoms with Crippen LogP contribution in [0.15, 0.2) is 72.9 Å². The fraction of sp³-hybridized carbons (Fsp3) is 0.185. The van der Waals surface area contributed by atoms with E-state index in [-0.39, 0.29) is 24.7 Å². The van der Waals surface area contributed by atoms with Crippen molar-refractivity contribution in [1.82, 2.24) is 14.9 Å². The third kappa shape index (κ3) is 3.61. The second-order valence-electron chi connectivity index (χ2n) is 8.67.